The van der Waals surface area contributed by atoms with Crippen molar-refractivity contribution in [2.75, 3.05) is 7.11 Å². The Labute approximate surface area is 154 Å². The van der Waals surface area contributed by atoms with E-state index in [4.69, 9.17) is 9.63 Å². The Morgan fingerprint density at radius 3 is 2.73 bits per heavy atom. The first-order valence-electron chi connectivity index (χ1n) is 6.42. The summed E-state index contributed by atoms with van der Waals surface area (Å²) in [5.41, 5.74) is 1.01. The molecule has 1 N–H and O–H groups in total. The largest absolute Gasteiger partial charge is 0.400 e. The van der Waals surface area contributed by atoms with E-state index in [1.165, 1.54) is 0 Å². The SMILES string of the molecule is CC(OPI)c1nccn1CC#Cc1ccc(Br)cc1.CO. The van der Waals surface area contributed by atoms with E-state index in [-0.39, 0.29) is 6.10 Å². The molecule has 1 aromatic carbocycles. The van der Waals surface area contributed by atoms with Crippen LogP contribution in [0.2, 0.25) is 0 Å². The molecule has 0 fully saturated rings. The second kappa shape index (κ2) is 11.1. The molecule has 22 heavy (non-hydrogen) atoms. The third-order valence-corrected chi connectivity index (χ3v) is 4.39. The maximum Gasteiger partial charge on any atom is 0.138 e. The van der Waals surface area contributed by atoms with Gasteiger partial charge in [-0.25, -0.2) is 4.98 Å². The topological polar surface area (TPSA) is 47.3 Å². The number of aromatic nitrogens is 2. The summed E-state index contributed by atoms with van der Waals surface area (Å²) in [6.45, 7) is 3.05. The lowest BCUT2D eigenvalue weighted by Crippen LogP contribution is -2.06. The zero-order valence-electron chi connectivity index (χ0n) is 12.3. The summed E-state index contributed by atoms with van der Waals surface area (Å²) >= 11 is 5.63. The van der Waals surface area contributed by atoms with E-state index in [9.17, 15) is 0 Å². The molecular formula is C15H17BrIN2O2P. The fourth-order valence-corrected chi connectivity index (χ4v) is 3.34. The van der Waals surface area contributed by atoms with Crippen molar-refractivity contribution < 1.29 is 9.63 Å². The molecule has 0 saturated carbocycles. The van der Waals surface area contributed by atoms with Gasteiger partial charge in [-0.3, -0.25) is 0 Å². The van der Waals surface area contributed by atoms with Gasteiger partial charge in [0, 0.05) is 29.5 Å². The zero-order valence-corrected chi connectivity index (χ0v) is 17.0. The molecule has 0 aliphatic rings. The standard InChI is InChI=1S/C14H13BrIN2OP.CH4O/c1-11(19-20-16)14-17-8-10-18(14)9-2-3-12-4-6-13(15)7-5-12;1-2/h4-8,10-11,20H,9H2,1H3;2H,1H3. The lowest BCUT2D eigenvalue weighted by Gasteiger charge is -2.11. The molecule has 0 saturated heterocycles. The molecule has 2 rings (SSSR count). The summed E-state index contributed by atoms with van der Waals surface area (Å²) < 4.78 is 8.66. The van der Waals surface area contributed by atoms with Gasteiger partial charge in [0.2, 0.25) is 0 Å². The van der Waals surface area contributed by atoms with Crippen LogP contribution in [0.25, 0.3) is 0 Å². The molecule has 0 amide bonds. The molecule has 4 nitrogen and oxygen atoms in total. The van der Waals surface area contributed by atoms with Gasteiger partial charge >= 0.3 is 0 Å². The van der Waals surface area contributed by atoms with Crippen molar-refractivity contribution in [3.05, 3.63) is 52.5 Å². The van der Waals surface area contributed by atoms with Gasteiger partial charge in [0.25, 0.3) is 0 Å². The van der Waals surface area contributed by atoms with Crippen LogP contribution in [-0.4, -0.2) is 21.8 Å². The van der Waals surface area contributed by atoms with Crippen LogP contribution < -0.4 is 0 Å². The van der Waals surface area contributed by atoms with Crippen molar-refractivity contribution >= 4 is 44.4 Å². The summed E-state index contributed by atoms with van der Waals surface area (Å²) in [4.78, 5) is 4.34. The lowest BCUT2D eigenvalue weighted by molar-refractivity contribution is 0.251. The minimum absolute atomic E-state index is 0.00489. The van der Waals surface area contributed by atoms with E-state index >= 15 is 0 Å². The second-order valence-corrected chi connectivity index (χ2v) is 6.69. The summed E-state index contributed by atoms with van der Waals surface area (Å²) in [6, 6.07) is 7.97. The average Bonchev–Trinajstić information content (AvgIpc) is 3.00. The molecule has 2 aromatic rings. The highest BCUT2D eigenvalue weighted by Gasteiger charge is 2.11. The zero-order chi connectivity index (χ0) is 16.4. The van der Waals surface area contributed by atoms with Crippen molar-refractivity contribution in [1.82, 2.24) is 9.55 Å². The van der Waals surface area contributed by atoms with Crippen molar-refractivity contribution in [3.63, 3.8) is 0 Å². The molecule has 7 heteroatoms. The number of aliphatic hydroxyl groups is 1. The van der Waals surface area contributed by atoms with E-state index in [1.807, 2.05) is 42.0 Å². The van der Waals surface area contributed by atoms with Crippen LogP contribution in [0.1, 0.15) is 24.4 Å². The molecule has 0 bridgehead atoms. The Morgan fingerprint density at radius 2 is 2.09 bits per heavy atom. The van der Waals surface area contributed by atoms with Gasteiger partial charge in [0.15, 0.2) is 0 Å². The van der Waals surface area contributed by atoms with Gasteiger partial charge in [-0.15, -0.1) is 0 Å². The van der Waals surface area contributed by atoms with E-state index in [0.29, 0.717) is 13.0 Å². The molecule has 2 unspecified atom stereocenters. The number of imidazole rings is 1. The van der Waals surface area contributed by atoms with Gasteiger partial charge in [-0.1, -0.05) is 27.8 Å². The first kappa shape index (κ1) is 19.6. The van der Waals surface area contributed by atoms with Crippen LogP contribution in [0.15, 0.2) is 41.1 Å². The summed E-state index contributed by atoms with van der Waals surface area (Å²) in [5, 5.41) is 7.00. The smallest absolute Gasteiger partial charge is 0.138 e. The van der Waals surface area contributed by atoms with Crippen molar-refractivity contribution in [1.29, 1.82) is 0 Å². The number of hydrogen-bond donors (Lipinski definition) is 1. The Balaban J connectivity index is 0.00000116. The van der Waals surface area contributed by atoms with Crippen LogP contribution >= 0.6 is 44.4 Å². The van der Waals surface area contributed by atoms with E-state index in [1.54, 1.807) is 6.20 Å². The third kappa shape index (κ3) is 6.35. The molecular weight excluding hydrogens is 478 g/mol. The summed E-state index contributed by atoms with van der Waals surface area (Å²) in [5.74, 6) is 7.23. The number of rotatable bonds is 4. The number of nitrogens with zero attached hydrogens (tertiary/aromatic N) is 2. The Bertz CT molecular complexity index is 622. The molecule has 1 heterocycles. The first-order valence-corrected chi connectivity index (χ1v) is 11.2. The van der Waals surface area contributed by atoms with Crippen molar-refractivity contribution in [3.8, 4) is 11.8 Å². The van der Waals surface area contributed by atoms with E-state index in [0.717, 1.165) is 23.0 Å². The molecule has 118 valence electrons. The normalized spacial score (nSPS) is 11.5. The molecule has 0 aliphatic heterocycles. The van der Waals surface area contributed by atoms with Crippen LogP contribution in [0.5, 0.6) is 0 Å². The lowest BCUT2D eigenvalue weighted by atomic mass is 10.2. The highest BCUT2D eigenvalue weighted by atomic mass is 127. The third-order valence-electron chi connectivity index (χ3n) is 2.66. The number of hydrogen-bond acceptors (Lipinski definition) is 3. The minimum atomic E-state index is -0.00489. The number of aliphatic hydroxyl groups excluding tert-OH is 1. The van der Waals surface area contributed by atoms with Crippen LogP contribution in [0, 0.1) is 11.8 Å². The van der Waals surface area contributed by atoms with Gasteiger partial charge in [0.05, 0.1) is 13.0 Å². The maximum absolute atomic E-state index is 7.00. The maximum atomic E-state index is 7.00. The monoisotopic (exact) mass is 494 g/mol. The number of halogens is 2. The second-order valence-electron chi connectivity index (χ2n) is 4.06. The fourth-order valence-electron chi connectivity index (χ4n) is 1.69. The molecule has 2 atom stereocenters. The van der Waals surface area contributed by atoms with Crippen molar-refractivity contribution in [2.45, 2.75) is 19.6 Å². The average molecular weight is 495 g/mol. The van der Waals surface area contributed by atoms with Crippen molar-refractivity contribution in [2.24, 2.45) is 0 Å². The summed E-state index contributed by atoms with van der Waals surface area (Å²) in [7, 11) is 1.00. The Kier molecular flexibility index (Phi) is 9.92. The molecule has 0 radical (unpaired) electrons. The van der Waals surface area contributed by atoms with E-state index in [2.05, 4.69) is 54.8 Å². The van der Waals surface area contributed by atoms with Crippen LogP contribution in [0.3, 0.4) is 0 Å². The van der Waals surface area contributed by atoms with Gasteiger partial charge < -0.3 is 14.2 Å². The predicted octanol–water partition coefficient (Wildman–Crippen LogP) is 4.33. The number of benzene rings is 1. The van der Waals surface area contributed by atoms with Gasteiger partial charge in [0.1, 0.15) is 11.9 Å². The quantitative estimate of drug-likeness (QED) is 0.391. The molecule has 0 aliphatic carbocycles. The highest BCUT2D eigenvalue weighted by Crippen LogP contribution is 2.30. The predicted molar refractivity (Wildman–Crippen MR) is 103 cm³/mol. The fraction of sp³-hybridized carbons (Fsp3) is 0.267. The Morgan fingerprint density at radius 1 is 1.41 bits per heavy atom. The Hall–Kier alpha value is -0.450. The molecule has 1 aromatic heterocycles. The summed E-state index contributed by atoms with van der Waals surface area (Å²) in [6.07, 6.45) is 3.71. The highest BCUT2D eigenvalue weighted by molar-refractivity contribution is 14.2. The van der Waals surface area contributed by atoms with Gasteiger partial charge in [-0.05, 0) is 53.2 Å². The van der Waals surface area contributed by atoms with E-state index < -0.39 is 0 Å². The first-order chi connectivity index (χ1) is 10.7. The molecule has 0 spiro atoms. The van der Waals surface area contributed by atoms with Crippen LogP contribution in [-0.2, 0) is 11.1 Å². The van der Waals surface area contributed by atoms with Crippen LogP contribution in [0.4, 0.5) is 0 Å². The van der Waals surface area contributed by atoms with Gasteiger partial charge in [-0.2, -0.15) is 0 Å². The minimum Gasteiger partial charge on any atom is -0.400 e.